The van der Waals surface area contributed by atoms with Crippen LogP contribution in [0, 0.1) is 0 Å². The largest absolute Gasteiger partial charge is 0.394 e. The SMILES string of the molecule is CON(C(C)C)[C@@H]1OC(CO)[C@H](O)[C@H](O)C1O. The van der Waals surface area contributed by atoms with Crippen LogP contribution in [0.3, 0.4) is 0 Å². The molecule has 2 unspecified atom stereocenters. The summed E-state index contributed by atoms with van der Waals surface area (Å²) in [5.41, 5.74) is 0. The molecule has 0 aromatic carbocycles. The van der Waals surface area contributed by atoms with Crippen molar-refractivity contribution < 1.29 is 30.0 Å². The maximum atomic E-state index is 9.83. The lowest BCUT2D eigenvalue weighted by molar-refractivity contribution is -0.336. The summed E-state index contributed by atoms with van der Waals surface area (Å²) in [5, 5.41) is 39.5. The Morgan fingerprint density at radius 3 is 2.18 bits per heavy atom. The van der Waals surface area contributed by atoms with Crippen LogP contribution >= 0.6 is 0 Å². The van der Waals surface area contributed by atoms with E-state index in [1.165, 1.54) is 12.2 Å². The number of rotatable bonds is 4. The zero-order valence-corrected chi connectivity index (χ0v) is 10.2. The Bertz CT molecular complexity index is 237. The molecule has 0 bridgehead atoms. The van der Waals surface area contributed by atoms with Crippen LogP contribution in [0.5, 0.6) is 0 Å². The Morgan fingerprint density at radius 1 is 1.18 bits per heavy atom. The molecule has 7 nitrogen and oxygen atoms in total. The fourth-order valence-electron chi connectivity index (χ4n) is 1.90. The van der Waals surface area contributed by atoms with Gasteiger partial charge in [-0.2, -0.15) is 5.06 Å². The van der Waals surface area contributed by atoms with Gasteiger partial charge in [-0.15, -0.1) is 0 Å². The molecule has 1 saturated heterocycles. The molecule has 7 heteroatoms. The van der Waals surface area contributed by atoms with Gasteiger partial charge in [0, 0.05) is 6.04 Å². The topological polar surface area (TPSA) is 103 Å². The van der Waals surface area contributed by atoms with Crippen LogP contribution in [0.2, 0.25) is 0 Å². The normalized spacial score (nSPS) is 39.0. The van der Waals surface area contributed by atoms with Gasteiger partial charge in [-0.1, -0.05) is 0 Å². The molecule has 0 spiro atoms. The number of hydrogen-bond donors (Lipinski definition) is 4. The van der Waals surface area contributed by atoms with Crippen molar-refractivity contribution in [3.05, 3.63) is 0 Å². The number of hydroxylamine groups is 2. The average Bonchev–Trinajstić information content (AvgIpc) is 2.29. The third-order valence-electron chi connectivity index (χ3n) is 2.84. The molecule has 4 N–H and O–H groups in total. The summed E-state index contributed by atoms with van der Waals surface area (Å²) < 4.78 is 5.34. The minimum absolute atomic E-state index is 0.0959. The highest BCUT2D eigenvalue weighted by atomic mass is 16.7. The van der Waals surface area contributed by atoms with Gasteiger partial charge < -0.3 is 25.2 Å². The molecule has 0 aromatic heterocycles. The molecule has 17 heavy (non-hydrogen) atoms. The molecule has 1 aliphatic rings. The highest BCUT2D eigenvalue weighted by Crippen LogP contribution is 2.24. The second kappa shape index (κ2) is 6.05. The van der Waals surface area contributed by atoms with Crippen molar-refractivity contribution in [2.75, 3.05) is 13.7 Å². The fraction of sp³-hybridized carbons (Fsp3) is 1.00. The fourth-order valence-corrected chi connectivity index (χ4v) is 1.90. The average molecular weight is 251 g/mol. The van der Waals surface area contributed by atoms with E-state index in [0.29, 0.717) is 0 Å². The summed E-state index contributed by atoms with van der Waals surface area (Å²) >= 11 is 0. The second-order valence-corrected chi connectivity index (χ2v) is 4.36. The van der Waals surface area contributed by atoms with Gasteiger partial charge in [0.2, 0.25) is 0 Å². The lowest BCUT2D eigenvalue weighted by Crippen LogP contribution is -2.63. The zero-order valence-electron chi connectivity index (χ0n) is 10.2. The van der Waals surface area contributed by atoms with Gasteiger partial charge in [0.1, 0.15) is 24.4 Å². The first-order valence-electron chi connectivity index (χ1n) is 5.57. The molecule has 0 aliphatic carbocycles. The summed E-state index contributed by atoms with van der Waals surface area (Å²) in [6.45, 7) is 3.20. The van der Waals surface area contributed by atoms with Crippen molar-refractivity contribution in [2.45, 2.75) is 50.5 Å². The lowest BCUT2D eigenvalue weighted by Gasteiger charge is -2.44. The summed E-state index contributed by atoms with van der Waals surface area (Å²) in [4.78, 5) is 5.07. The quantitative estimate of drug-likeness (QED) is 0.431. The first kappa shape index (κ1) is 14.8. The van der Waals surface area contributed by atoms with Gasteiger partial charge in [-0.25, -0.2) is 0 Å². The minimum atomic E-state index is -1.39. The predicted octanol–water partition coefficient (Wildman–Crippen LogP) is -1.94. The van der Waals surface area contributed by atoms with Crippen molar-refractivity contribution >= 4 is 0 Å². The van der Waals surface area contributed by atoms with Crippen molar-refractivity contribution in [3.8, 4) is 0 Å². The minimum Gasteiger partial charge on any atom is -0.394 e. The molecule has 1 heterocycles. The molecule has 102 valence electrons. The van der Waals surface area contributed by atoms with E-state index in [-0.39, 0.29) is 6.04 Å². The van der Waals surface area contributed by atoms with Gasteiger partial charge in [0.25, 0.3) is 0 Å². The summed E-state index contributed by atoms with van der Waals surface area (Å²) in [5.74, 6) is 0. The smallest absolute Gasteiger partial charge is 0.162 e. The second-order valence-electron chi connectivity index (χ2n) is 4.36. The number of hydrogen-bond acceptors (Lipinski definition) is 7. The van der Waals surface area contributed by atoms with Crippen molar-refractivity contribution in [3.63, 3.8) is 0 Å². The number of nitrogens with zero attached hydrogens (tertiary/aromatic N) is 1. The van der Waals surface area contributed by atoms with Crippen LogP contribution in [-0.2, 0) is 9.57 Å². The van der Waals surface area contributed by atoms with Gasteiger partial charge in [-0.3, -0.25) is 4.84 Å². The third kappa shape index (κ3) is 2.94. The van der Waals surface area contributed by atoms with E-state index >= 15 is 0 Å². The molecule has 1 fully saturated rings. The van der Waals surface area contributed by atoms with Crippen LogP contribution in [0.15, 0.2) is 0 Å². The van der Waals surface area contributed by atoms with E-state index in [0.717, 1.165) is 0 Å². The van der Waals surface area contributed by atoms with Crippen LogP contribution in [0.25, 0.3) is 0 Å². The molecule has 0 aromatic rings. The monoisotopic (exact) mass is 251 g/mol. The van der Waals surface area contributed by atoms with Crippen molar-refractivity contribution in [1.82, 2.24) is 5.06 Å². The summed E-state index contributed by atoms with van der Waals surface area (Å²) in [7, 11) is 1.42. The Hall–Kier alpha value is -0.280. The van der Waals surface area contributed by atoms with E-state index in [2.05, 4.69) is 0 Å². The lowest BCUT2D eigenvalue weighted by atomic mass is 9.98. The maximum Gasteiger partial charge on any atom is 0.162 e. The van der Waals surface area contributed by atoms with Gasteiger partial charge in [0.05, 0.1) is 13.7 Å². The van der Waals surface area contributed by atoms with Crippen LogP contribution in [-0.4, -0.2) is 75.9 Å². The molecule has 0 amide bonds. The van der Waals surface area contributed by atoms with Gasteiger partial charge in [-0.05, 0) is 13.8 Å². The van der Waals surface area contributed by atoms with Crippen molar-refractivity contribution in [1.29, 1.82) is 0 Å². The number of aliphatic hydroxyl groups is 4. The molecule has 1 rings (SSSR count). The van der Waals surface area contributed by atoms with E-state index in [1.54, 1.807) is 0 Å². The highest BCUT2D eigenvalue weighted by molar-refractivity contribution is 4.91. The van der Waals surface area contributed by atoms with Crippen molar-refractivity contribution in [2.24, 2.45) is 0 Å². The Kier molecular flexibility index (Phi) is 5.26. The van der Waals surface area contributed by atoms with Crippen LogP contribution in [0.4, 0.5) is 0 Å². The first-order valence-corrected chi connectivity index (χ1v) is 5.57. The number of aliphatic hydroxyl groups excluding tert-OH is 4. The highest BCUT2D eigenvalue weighted by Gasteiger charge is 2.46. The van der Waals surface area contributed by atoms with Gasteiger partial charge in [0.15, 0.2) is 6.23 Å². The van der Waals surface area contributed by atoms with E-state index in [1.807, 2.05) is 13.8 Å². The predicted molar refractivity (Wildman–Crippen MR) is 57.8 cm³/mol. The van der Waals surface area contributed by atoms with E-state index in [9.17, 15) is 15.3 Å². The molecular weight excluding hydrogens is 230 g/mol. The molecule has 0 radical (unpaired) electrons. The third-order valence-corrected chi connectivity index (χ3v) is 2.84. The standard InChI is InChI=1S/C10H21NO6/c1-5(2)11(16-3)10-9(15)8(14)7(13)6(4-12)17-10/h5-10,12-15H,4H2,1-3H3/t6?,7-,8-,9?,10+/m0/s1. The number of ether oxygens (including phenoxy) is 1. The van der Waals surface area contributed by atoms with E-state index in [4.69, 9.17) is 14.7 Å². The van der Waals surface area contributed by atoms with Crippen LogP contribution in [0.1, 0.15) is 13.8 Å². The summed E-state index contributed by atoms with van der Waals surface area (Å²) in [6, 6.07) is -0.0959. The van der Waals surface area contributed by atoms with Crippen LogP contribution < -0.4 is 0 Å². The molecule has 0 saturated carbocycles. The summed E-state index contributed by atoms with van der Waals surface area (Å²) in [6.07, 6.45) is -5.90. The molecule has 1 aliphatic heterocycles. The van der Waals surface area contributed by atoms with E-state index < -0.39 is 37.3 Å². The first-order chi connectivity index (χ1) is 7.93. The molecular formula is C10H21NO6. The zero-order chi connectivity index (χ0) is 13.2. The Morgan fingerprint density at radius 2 is 1.76 bits per heavy atom. The Balaban J connectivity index is 2.84. The van der Waals surface area contributed by atoms with Gasteiger partial charge >= 0.3 is 0 Å². The Labute approximate surface area is 100 Å². The maximum absolute atomic E-state index is 9.83. The molecule has 5 atom stereocenters.